The smallest absolute Gasteiger partial charge is 0.179 e. The van der Waals surface area contributed by atoms with E-state index < -0.39 is 0 Å². The summed E-state index contributed by atoms with van der Waals surface area (Å²) in [6, 6.07) is 3.98. The minimum absolute atomic E-state index is 0.500. The van der Waals surface area contributed by atoms with Crippen LogP contribution in [0.25, 0.3) is 11.2 Å². The summed E-state index contributed by atoms with van der Waals surface area (Å²) in [4.78, 5) is 7.67. The second-order valence-electron chi connectivity index (χ2n) is 5.14. The van der Waals surface area contributed by atoms with E-state index in [-0.39, 0.29) is 0 Å². The maximum atomic E-state index is 5.40. The van der Waals surface area contributed by atoms with E-state index >= 15 is 0 Å². The van der Waals surface area contributed by atoms with Crippen molar-refractivity contribution in [3.8, 4) is 0 Å². The van der Waals surface area contributed by atoms with Gasteiger partial charge in [-0.2, -0.15) is 0 Å². The van der Waals surface area contributed by atoms with E-state index in [1.54, 1.807) is 0 Å². The number of imidazole rings is 1. The molecule has 17 heavy (non-hydrogen) atoms. The van der Waals surface area contributed by atoms with E-state index in [0.717, 1.165) is 22.5 Å². The number of pyridine rings is 1. The summed E-state index contributed by atoms with van der Waals surface area (Å²) in [5, 5.41) is 0. The second-order valence-corrected chi connectivity index (χ2v) is 5.53. The van der Waals surface area contributed by atoms with Crippen molar-refractivity contribution in [2.24, 2.45) is 5.41 Å². The van der Waals surface area contributed by atoms with Gasteiger partial charge in [-0.25, -0.2) is 4.98 Å². The maximum absolute atomic E-state index is 5.40. The Balaban J connectivity index is 2.00. The fourth-order valence-electron chi connectivity index (χ4n) is 2.66. The second kappa shape index (κ2) is 3.95. The number of hydrogen-bond acceptors (Lipinski definition) is 2. The Labute approximate surface area is 106 Å². The monoisotopic (exact) mass is 247 g/mol. The SMILES string of the molecule is CCCC1(Cn2c(=S)[nH]c3cccnc32)CC1. The number of nitrogens with one attached hydrogen (secondary N) is 1. The number of aromatic amines is 1. The third-order valence-corrected chi connectivity index (χ3v) is 4.08. The Bertz CT molecular complexity index is 592. The predicted molar refractivity (Wildman–Crippen MR) is 71.5 cm³/mol. The van der Waals surface area contributed by atoms with Crippen molar-refractivity contribution in [3.05, 3.63) is 23.1 Å². The number of rotatable bonds is 4. The molecular weight excluding hydrogens is 230 g/mol. The summed E-state index contributed by atoms with van der Waals surface area (Å²) in [7, 11) is 0. The van der Waals surface area contributed by atoms with Crippen LogP contribution in [0.5, 0.6) is 0 Å². The molecule has 4 heteroatoms. The molecule has 0 atom stereocenters. The highest BCUT2D eigenvalue weighted by Gasteiger charge is 2.42. The van der Waals surface area contributed by atoms with E-state index in [1.807, 2.05) is 18.3 Å². The lowest BCUT2D eigenvalue weighted by atomic mass is 10.0. The first kappa shape index (κ1) is 11.0. The van der Waals surface area contributed by atoms with E-state index in [2.05, 4.69) is 21.5 Å². The number of H-pyrrole nitrogens is 1. The van der Waals surface area contributed by atoms with Crippen molar-refractivity contribution in [2.45, 2.75) is 39.2 Å². The zero-order chi connectivity index (χ0) is 11.9. The molecule has 0 saturated heterocycles. The highest BCUT2D eigenvalue weighted by molar-refractivity contribution is 7.71. The standard InChI is InChI=1S/C13H17N3S/c1-2-5-13(6-7-13)9-16-11-10(15-12(16)17)4-3-8-14-11/h3-4,8H,2,5-7,9H2,1H3,(H,15,17). The van der Waals surface area contributed by atoms with Gasteiger partial charge >= 0.3 is 0 Å². The predicted octanol–water partition coefficient (Wildman–Crippen LogP) is 3.67. The molecule has 2 aromatic heterocycles. The van der Waals surface area contributed by atoms with Crippen molar-refractivity contribution < 1.29 is 0 Å². The fourth-order valence-corrected chi connectivity index (χ4v) is 2.93. The van der Waals surface area contributed by atoms with Crippen LogP contribution in [0.2, 0.25) is 0 Å². The molecule has 2 heterocycles. The minimum atomic E-state index is 0.500. The summed E-state index contributed by atoms with van der Waals surface area (Å²) >= 11 is 5.40. The van der Waals surface area contributed by atoms with Crippen LogP contribution in [0, 0.1) is 10.2 Å². The van der Waals surface area contributed by atoms with E-state index in [0.29, 0.717) is 5.41 Å². The van der Waals surface area contributed by atoms with Gasteiger partial charge in [0.15, 0.2) is 10.4 Å². The fraction of sp³-hybridized carbons (Fsp3) is 0.538. The van der Waals surface area contributed by atoms with Crippen LogP contribution in [0.15, 0.2) is 18.3 Å². The van der Waals surface area contributed by atoms with Gasteiger partial charge in [-0.15, -0.1) is 0 Å². The highest BCUT2D eigenvalue weighted by atomic mass is 32.1. The average molecular weight is 247 g/mol. The molecule has 1 N–H and O–H groups in total. The molecule has 3 rings (SSSR count). The van der Waals surface area contributed by atoms with Crippen LogP contribution >= 0.6 is 12.2 Å². The van der Waals surface area contributed by atoms with Crippen LogP contribution in [0.1, 0.15) is 32.6 Å². The Hall–Kier alpha value is -1.16. The van der Waals surface area contributed by atoms with Crippen molar-refractivity contribution in [3.63, 3.8) is 0 Å². The first-order valence-corrected chi connectivity index (χ1v) is 6.68. The van der Waals surface area contributed by atoms with Gasteiger partial charge in [0, 0.05) is 12.7 Å². The molecule has 0 aromatic carbocycles. The van der Waals surface area contributed by atoms with Crippen molar-refractivity contribution in [1.82, 2.24) is 14.5 Å². The molecule has 1 aliphatic carbocycles. The van der Waals surface area contributed by atoms with Crippen molar-refractivity contribution >= 4 is 23.4 Å². The Kier molecular flexibility index (Phi) is 2.54. The summed E-state index contributed by atoms with van der Waals surface area (Å²) in [6.07, 6.45) is 7.06. The normalized spacial score (nSPS) is 17.5. The van der Waals surface area contributed by atoms with Gasteiger partial charge in [-0.3, -0.25) is 0 Å². The summed E-state index contributed by atoms with van der Waals surface area (Å²) in [6.45, 7) is 3.28. The molecular formula is C13H17N3S. The first-order valence-electron chi connectivity index (χ1n) is 6.28. The average Bonchev–Trinajstić information content (AvgIpc) is 3.00. The lowest BCUT2D eigenvalue weighted by Gasteiger charge is -2.14. The molecule has 0 amide bonds. The number of aromatic nitrogens is 3. The number of nitrogens with zero attached hydrogens (tertiary/aromatic N) is 2. The van der Waals surface area contributed by atoms with Gasteiger partial charge in [0.2, 0.25) is 0 Å². The van der Waals surface area contributed by atoms with Gasteiger partial charge < -0.3 is 9.55 Å². The molecule has 0 unspecified atom stereocenters. The van der Waals surface area contributed by atoms with Gasteiger partial charge in [0.05, 0.1) is 5.52 Å². The lowest BCUT2D eigenvalue weighted by molar-refractivity contribution is 0.390. The molecule has 90 valence electrons. The topological polar surface area (TPSA) is 33.6 Å². The Morgan fingerprint density at radius 2 is 2.35 bits per heavy atom. The van der Waals surface area contributed by atoms with Gasteiger partial charge in [0.1, 0.15) is 0 Å². The third-order valence-electron chi connectivity index (χ3n) is 3.76. The van der Waals surface area contributed by atoms with Crippen LogP contribution < -0.4 is 0 Å². The van der Waals surface area contributed by atoms with Crippen LogP contribution in [-0.4, -0.2) is 14.5 Å². The van der Waals surface area contributed by atoms with Gasteiger partial charge in [-0.05, 0) is 49.0 Å². The number of fused-ring (bicyclic) bond motifs is 1. The summed E-state index contributed by atoms with van der Waals surface area (Å²) in [5.41, 5.74) is 2.55. The molecule has 0 radical (unpaired) electrons. The van der Waals surface area contributed by atoms with Crippen molar-refractivity contribution in [2.75, 3.05) is 0 Å². The summed E-state index contributed by atoms with van der Waals surface area (Å²) in [5.74, 6) is 0. The van der Waals surface area contributed by atoms with Gasteiger partial charge in [-0.1, -0.05) is 13.3 Å². The molecule has 0 aliphatic heterocycles. The van der Waals surface area contributed by atoms with E-state index in [4.69, 9.17) is 12.2 Å². The van der Waals surface area contributed by atoms with Crippen molar-refractivity contribution in [1.29, 1.82) is 0 Å². The molecule has 1 fully saturated rings. The number of hydrogen-bond donors (Lipinski definition) is 1. The van der Waals surface area contributed by atoms with Gasteiger partial charge in [0.25, 0.3) is 0 Å². The zero-order valence-electron chi connectivity index (χ0n) is 10.1. The minimum Gasteiger partial charge on any atom is -0.329 e. The molecule has 1 saturated carbocycles. The van der Waals surface area contributed by atoms with Crippen LogP contribution in [-0.2, 0) is 6.54 Å². The quantitative estimate of drug-likeness (QED) is 0.836. The largest absolute Gasteiger partial charge is 0.329 e. The first-order chi connectivity index (χ1) is 8.24. The maximum Gasteiger partial charge on any atom is 0.179 e. The molecule has 2 aromatic rings. The highest BCUT2D eigenvalue weighted by Crippen LogP contribution is 2.51. The molecule has 3 nitrogen and oxygen atoms in total. The Morgan fingerprint density at radius 1 is 1.53 bits per heavy atom. The van der Waals surface area contributed by atoms with E-state index in [1.165, 1.54) is 25.7 Å². The summed E-state index contributed by atoms with van der Waals surface area (Å²) < 4.78 is 2.98. The molecule has 0 bridgehead atoms. The third kappa shape index (κ3) is 1.90. The molecule has 0 spiro atoms. The van der Waals surface area contributed by atoms with Crippen LogP contribution in [0.3, 0.4) is 0 Å². The Morgan fingerprint density at radius 3 is 3.06 bits per heavy atom. The molecule has 1 aliphatic rings. The van der Waals surface area contributed by atoms with E-state index in [9.17, 15) is 0 Å². The zero-order valence-corrected chi connectivity index (χ0v) is 10.9. The lowest BCUT2D eigenvalue weighted by Crippen LogP contribution is -2.12. The van der Waals surface area contributed by atoms with Crippen LogP contribution in [0.4, 0.5) is 0 Å².